The molecule has 1 rings (SSSR count). The Bertz CT molecular complexity index is 506. The van der Waals surface area contributed by atoms with E-state index in [1.165, 1.54) is 0 Å². The average Bonchev–Trinajstić information content (AvgIpc) is 2.47. The summed E-state index contributed by atoms with van der Waals surface area (Å²) >= 11 is 5.95. The molecule has 0 aliphatic heterocycles. The van der Waals surface area contributed by atoms with Crippen molar-refractivity contribution in [3.8, 4) is 0 Å². The van der Waals surface area contributed by atoms with Crippen molar-refractivity contribution < 1.29 is 9.59 Å². The Hall–Kier alpha value is -1.59. The zero-order valence-electron chi connectivity index (χ0n) is 13.0. The molecule has 0 saturated carbocycles. The molecule has 1 aromatic rings. The van der Waals surface area contributed by atoms with Crippen LogP contribution in [0.25, 0.3) is 0 Å². The van der Waals surface area contributed by atoms with Crippen LogP contribution in [0.15, 0.2) is 18.2 Å². The Morgan fingerprint density at radius 2 is 1.91 bits per heavy atom. The predicted octanol–water partition coefficient (Wildman–Crippen LogP) is 2.94. The number of benzene rings is 1. The van der Waals surface area contributed by atoms with E-state index in [4.69, 9.17) is 17.3 Å². The molecule has 0 atom stereocenters. The zero-order chi connectivity index (χ0) is 16.4. The molecule has 0 aliphatic carbocycles. The first-order valence-corrected chi connectivity index (χ1v) is 8.04. The lowest BCUT2D eigenvalue weighted by Crippen LogP contribution is -2.24. The molecule has 0 saturated heterocycles. The van der Waals surface area contributed by atoms with Crippen LogP contribution in [-0.4, -0.2) is 24.9 Å². The van der Waals surface area contributed by atoms with Gasteiger partial charge in [0, 0.05) is 18.0 Å². The van der Waals surface area contributed by atoms with Crippen molar-refractivity contribution in [3.63, 3.8) is 0 Å². The first-order chi connectivity index (χ1) is 10.6. The monoisotopic (exact) mass is 325 g/mol. The second-order valence-corrected chi connectivity index (χ2v) is 5.49. The Morgan fingerprint density at radius 1 is 1.18 bits per heavy atom. The van der Waals surface area contributed by atoms with E-state index in [2.05, 4.69) is 10.6 Å². The zero-order valence-corrected chi connectivity index (χ0v) is 13.7. The topological polar surface area (TPSA) is 84.2 Å². The van der Waals surface area contributed by atoms with Gasteiger partial charge in [-0.3, -0.25) is 9.59 Å². The van der Waals surface area contributed by atoms with Gasteiger partial charge in [-0.15, -0.1) is 0 Å². The number of carbonyl (C=O) groups is 2. The summed E-state index contributed by atoms with van der Waals surface area (Å²) in [6.45, 7) is 3.05. The van der Waals surface area contributed by atoms with Gasteiger partial charge in [0.15, 0.2) is 0 Å². The number of rotatable bonds is 9. The highest BCUT2D eigenvalue weighted by Gasteiger charge is 2.13. The summed E-state index contributed by atoms with van der Waals surface area (Å²) in [7, 11) is 0. The predicted molar refractivity (Wildman–Crippen MR) is 90.2 cm³/mol. The molecule has 0 aliphatic rings. The van der Waals surface area contributed by atoms with Crippen LogP contribution in [0.1, 0.15) is 49.4 Å². The van der Waals surface area contributed by atoms with Crippen LogP contribution >= 0.6 is 11.6 Å². The number of unbranched alkanes of at least 4 members (excludes halogenated alkanes) is 3. The normalized spacial score (nSPS) is 10.3. The molecule has 0 bridgehead atoms. The fraction of sp³-hybridized carbons (Fsp3) is 0.500. The number of nitrogens with one attached hydrogen (secondary N) is 2. The number of amides is 2. The van der Waals surface area contributed by atoms with Gasteiger partial charge in [0.05, 0.1) is 11.3 Å². The third-order valence-corrected chi connectivity index (χ3v) is 3.43. The molecular formula is C16H24ClN3O2. The number of hydrogen-bond donors (Lipinski definition) is 3. The molecule has 4 N–H and O–H groups in total. The highest BCUT2D eigenvalue weighted by atomic mass is 35.5. The second-order valence-electron chi connectivity index (χ2n) is 5.05. The maximum absolute atomic E-state index is 12.0. The Balaban J connectivity index is 2.61. The second kappa shape index (κ2) is 10.2. The van der Waals surface area contributed by atoms with Crippen molar-refractivity contribution in [2.45, 2.75) is 39.0 Å². The van der Waals surface area contributed by atoms with Gasteiger partial charge in [-0.25, -0.2) is 0 Å². The summed E-state index contributed by atoms with van der Waals surface area (Å²) < 4.78 is 0. The molecule has 0 fully saturated rings. The molecular weight excluding hydrogens is 302 g/mol. The van der Waals surface area contributed by atoms with E-state index in [1.807, 2.05) is 6.92 Å². The lowest BCUT2D eigenvalue weighted by molar-refractivity contribution is -0.116. The molecule has 1 aromatic carbocycles. The van der Waals surface area contributed by atoms with Crippen molar-refractivity contribution in [1.29, 1.82) is 0 Å². The van der Waals surface area contributed by atoms with Gasteiger partial charge >= 0.3 is 0 Å². The summed E-state index contributed by atoms with van der Waals surface area (Å²) in [4.78, 5) is 24.0. The van der Waals surface area contributed by atoms with E-state index in [-0.39, 0.29) is 11.8 Å². The summed E-state index contributed by atoms with van der Waals surface area (Å²) in [6, 6.07) is 4.84. The van der Waals surface area contributed by atoms with E-state index in [0.717, 1.165) is 25.7 Å². The minimum absolute atomic E-state index is 0.111. The SMILES string of the molecule is CCNC(=O)c1ccc(Cl)cc1NC(=O)CCCCCCN. The largest absolute Gasteiger partial charge is 0.352 e. The minimum atomic E-state index is -0.225. The van der Waals surface area contributed by atoms with Crippen LogP contribution in [0, 0.1) is 0 Å². The molecule has 5 nitrogen and oxygen atoms in total. The number of carbonyl (C=O) groups excluding carboxylic acids is 2. The van der Waals surface area contributed by atoms with Crippen LogP contribution in [-0.2, 0) is 4.79 Å². The lowest BCUT2D eigenvalue weighted by atomic mass is 10.1. The van der Waals surface area contributed by atoms with E-state index < -0.39 is 0 Å². The maximum atomic E-state index is 12.0. The lowest BCUT2D eigenvalue weighted by Gasteiger charge is -2.11. The molecule has 0 unspecified atom stereocenters. The molecule has 0 heterocycles. The van der Waals surface area contributed by atoms with Gasteiger partial charge in [0.25, 0.3) is 5.91 Å². The number of halogens is 1. The van der Waals surface area contributed by atoms with Crippen molar-refractivity contribution >= 4 is 29.1 Å². The smallest absolute Gasteiger partial charge is 0.253 e. The highest BCUT2D eigenvalue weighted by Crippen LogP contribution is 2.21. The van der Waals surface area contributed by atoms with Crippen molar-refractivity contribution in [2.24, 2.45) is 5.73 Å². The van der Waals surface area contributed by atoms with Crippen LogP contribution in [0.4, 0.5) is 5.69 Å². The molecule has 122 valence electrons. The molecule has 0 spiro atoms. The maximum Gasteiger partial charge on any atom is 0.253 e. The van der Waals surface area contributed by atoms with E-state index in [9.17, 15) is 9.59 Å². The summed E-state index contributed by atoms with van der Waals surface area (Å²) in [5.74, 6) is -0.335. The standard InChI is InChI=1S/C16H24ClN3O2/c1-2-19-16(22)13-9-8-12(17)11-14(13)20-15(21)7-5-3-4-6-10-18/h8-9,11H,2-7,10,18H2,1H3,(H,19,22)(H,20,21). The highest BCUT2D eigenvalue weighted by molar-refractivity contribution is 6.31. The first-order valence-electron chi connectivity index (χ1n) is 7.66. The third-order valence-electron chi connectivity index (χ3n) is 3.20. The summed E-state index contributed by atoms with van der Waals surface area (Å²) in [5.41, 5.74) is 6.30. The van der Waals surface area contributed by atoms with Gasteiger partial charge in [0.2, 0.25) is 5.91 Å². The van der Waals surface area contributed by atoms with Crippen molar-refractivity contribution in [3.05, 3.63) is 28.8 Å². The molecule has 0 radical (unpaired) electrons. The number of anilines is 1. The van der Waals surface area contributed by atoms with E-state index in [0.29, 0.717) is 35.8 Å². The van der Waals surface area contributed by atoms with Gasteiger partial charge in [-0.1, -0.05) is 24.4 Å². The quantitative estimate of drug-likeness (QED) is 0.610. The first kappa shape index (κ1) is 18.5. The minimum Gasteiger partial charge on any atom is -0.352 e. The number of hydrogen-bond acceptors (Lipinski definition) is 3. The van der Waals surface area contributed by atoms with E-state index in [1.54, 1.807) is 18.2 Å². The van der Waals surface area contributed by atoms with Gasteiger partial charge in [0.1, 0.15) is 0 Å². The fourth-order valence-electron chi connectivity index (χ4n) is 2.07. The van der Waals surface area contributed by atoms with E-state index >= 15 is 0 Å². The summed E-state index contributed by atoms with van der Waals surface area (Å²) in [5, 5.41) is 5.97. The Kier molecular flexibility index (Phi) is 8.55. The summed E-state index contributed by atoms with van der Waals surface area (Å²) in [6.07, 6.45) is 4.22. The van der Waals surface area contributed by atoms with Crippen LogP contribution in [0.5, 0.6) is 0 Å². The van der Waals surface area contributed by atoms with Crippen molar-refractivity contribution in [1.82, 2.24) is 5.32 Å². The Morgan fingerprint density at radius 3 is 2.59 bits per heavy atom. The molecule has 6 heteroatoms. The third kappa shape index (κ3) is 6.45. The Labute approximate surface area is 136 Å². The van der Waals surface area contributed by atoms with Crippen LogP contribution in [0.3, 0.4) is 0 Å². The van der Waals surface area contributed by atoms with Crippen LogP contribution in [0.2, 0.25) is 5.02 Å². The van der Waals surface area contributed by atoms with Gasteiger partial charge in [-0.2, -0.15) is 0 Å². The van der Waals surface area contributed by atoms with Gasteiger partial charge < -0.3 is 16.4 Å². The molecule has 22 heavy (non-hydrogen) atoms. The van der Waals surface area contributed by atoms with Crippen LogP contribution < -0.4 is 16.4 Å². The van der Waals surface area contributed by atoms with Crippen molar-refractivity contribution in [2.75, 3.05) is 18.4 Å². The molecule has 0 aromatic heterocycles. The number of nitrogens with two attached hydrogens (primary N) is 1. The fourth-order valence-corrected chi connectivity index (χ4v) is 2.24. The average molecular weight is 326 g/mol. The molecule has 2 amide bonds. The van der Waals surface area contributed by atoms with Gasteiger partial charge in [-0.05, 0) is 44.5 Å².